The van der Waals surface area contributed by atoms with Crippen LogP contribution in [0.5, 0.6) is 0 Å². The topological polar surface area (TPSA) is 63.9 Å². The summed E-state index contributed by atoms with van der Waals surface area (Å²) in [6.45, 7) is 6.78. The first kappa shape index (κ1) is 24.9. The minimum absolute atomic E-state index is 0.350. The number of rotatable bonds is 8. The Morgan fingerprint density at radius 3 is 2.50 bits per heavy atom. The third-order valence-electron chi connectivity index (χ3n) is 6.11. The molecule has 0 amide bonds. The van der Waals surface area contributed by atoms with Crippen molar-refractivity contribution in [3.05, 3.63) is 64.8 Å². The minimum atomic E-state index is -3.55. The van der Waals surface area contributed by atoms with E-state index in [0.717, 1.165) is 41.1 Å². The normalized spacial score (nSPS) is 20.0. The Bertz CT molecular complexity index is 1260. The quantitative estimate of drug-likeness (QED) is 0.403. The van der Waals surface area contributed by atoms with Gasteiger partial charge >= 0.3 is 0 Å². The summed E-state index contributed by atoms with van der Waals surface area (Å²) in [4.78, 5) is 6.07. The van der Waals surface area contributed by atoms with Crippen LogP contribution in [0.1, 0.15) is 26.7 Å². The number of benzene rings is 2. The van der Waals surface area contributed by atoms with Gasteiger partial charge in [0.25, 0.3) is 0 Å². The molecule has 34 heavy (non-hydrogen) atoms. The fourth-order valence-corrected chi connectivity index (χ4v) is 7.29. The molecule has 0 bridgehead atoms. The zero-order valence-corrected chi connectivity index (χ0v) is 21.7. The maximum Gasteiger partial charge on any atom is 0.243 e. The van der Waals surface area contributed by atoms with Crippen LogP contribution >= 0.6 is 11.3 Å². The summed E-state index contributed by atoms with van der Waals surface area (Å²) in [5.74, 6) is 0.729. The number of hydrogen-bond acceptors (Lipinski definition) is 5. The van der Waals surface area contributed by atoms with E-state index >= 15 is 0 Å². The highest BCUT2D eigenvalue weighted by Crippen LogP contribution is 2.29. The molecule has 4 rings (SSSR count). The zero-order valence-electron chi connectivity index (χ0n) is 20.1. The van der Waals surface area contributed by atoms with Crippen molar-refractivity contribution in [1.29, 1.82) is 0 Å². The lowest BCUT2D eigenvalue weighted by Crippen LogP contribution is -2.42. The van der Waals surface area contributed by atoms with Crippen molar-refractivity contribution in [3.8, 4) is 11.3 Å². The molecule has 3 aromatic rings. The van der Waals surface area contributed by atoms with Crippen molar-refractivity contribution in [2.24, 2.45) is 16.8 Å². The van der Waals surface area contributed by atoms with Gasteiger partial charge in [-0.25, -0.2) is 13.4 Å². The van der Waals surface area contributed by atoms with Crippen LogP contribution < -0.4 is 4.80 Å². The fraction of sp³-hybridized carbons (Fsp3) is 0.423. The summed E-state index contributed by atoms with van der Waals surface area (Å²) in [5, 5.41) is 2.06. The van der Waals surface area contributed by atoms with Crippen LogP contribution in [-0.2, 0) is 21.3 Å². The van der Waals surface area contributed by atoms with Crippen LogP contribution in [0, 0.1) is 11.8 Å². The predicted octanol–water partition coefficient (Wildman–Crippen LogP) is 5.15. The number of hydrogen-bond donors (Lipinski definition) is 0. The molecular weight excluding hydrogens is 466 g/mol. The average molecular weight is 500 g/mol. The molecule has 0 aliphatic carbocycles. The molecule has 0 radical (unpaired) electrons. The van der Waals surface area contributed by atoms with Gasteiger partial charge in [0.1, 0.15) is 0 Å². The summed E-state index contributed by atoms with van der Waals surface area (Å²) in [5.41, 5.74) is 2.73. The standard InChI is InChI=1S/C26H33N3O3S2/c1-20-15-21(2)18-28(17-20)34(30,31)24-12-7-9-22(16-24)25-19-33-26(29(25)13-8-14-32-3)27-23-10-5-4-6-11-23/h4-7,9-12,16,19-21H,8,13-15,17-18H2,1-3H3/t20-,21-/m0/s1. The molecule has 0 spiro atoms. The number of para-hydroxylation sites is 1. The van der Waals surface area contributed by atoms with Crippen molar-refractivity contribution in [2.45, 2.75) is 38.1 Å². The number of nitrogens with zero attached hydrogens (tertiary/aromatic N) is 3. The predicted molar refractivity (Wildman–Crippen MR) is 138 cm³/mol. The first-order valence-electron chi connectivity index (χ1n) is 11.8. The first-order valence-corrected chi connectivity index (χ1v) is 14.1. The highest BCUT2D eigenvalue weighted by Gasteiger charge is 2.31. The molecule has 0 N–H and O–H groups in total. The van der Waals surface area contributed by atoms with Gasteiger partial charge in [-0.15, -0.1) is 11.3 Å². The van der Waals surface area contributed by atoms with Gasteiger partial charge in [-0.05, 0) is 48.9 Å². The molecule has 2 atom stereocenters. The van der Waals surface area contributed by atoms with E-state index in [9.17, 15) is 8.42 Å². The number of sulfonamides is 1. The Labute approximate surface area is 206 Å². The van der Waals surface area contributed by atoms with Crippen LogP contribution in [0.3, 0.4) is 0 Å². The molecule has 2 heterocycles. The van der Waals surface area contributed by atoms with Gasteiger partial charge in [-0.3, -0.25) is 0 Å². The smallest absolute Gasteiger partial charge is 0.243 e. The Hall–Kier alpha value is -2.26. The van der Waals surface area contributed by atoms with Gasteiger partial charge < -0.3 is 9.30 Å². The van der Waals surface area contributed by atoms with Crippen LogP contribution in [0.25, 0.3) is 11.3 Å². The van der Waals surface area contributed by atoms with E-state index in [1.54, 1.807) is 34.9 Å². The molecule has 1 saturated heterocycles. The number of aromatic nitrogens is 1. The first-order chi connectivity index (χ1) is 16.4. The summed E-state index contributed by atoms with van der Waals surface area (Å²) in [6.07, 6.45) is 1.90. The molecular formula is C26H33N3O3S2. The van der Waals surface area contributed by atoms with Gasteiger partial charge in [0.15, 0.2) is 4.80 Å². The van der Waals surface area contributed by atoms with Crippen LogP contribution in [0.4, 0.5) is 5.69 Å². The van der Waals surface area contributed by atoms with Gasteiger partial charge in [-0.1, -0.05) is 44.2 Å². The molecule has 1 aliphatic rings. The molecule has 1 fully saturated rings. The molecule has 1 aliphatic heterocycles. The molecule has 182 valence electrons. The maximum atomic E-state index is 13.5. The van der Waals surface area contributed by atoms with E-state index in [-0.39, 0.29) is 0 Å². The van der Waals surface area contributed by atoms with Gasteiger partial charge in [0.05, 0.1) is 16.3 Å². The number of thiazole rings is 1. The molecule has 1 aromatic heterocycles. The van der Waals surface area contributed by atoms with E-state index < -0.39 is 10.0 Å². The molecule has 0 saturated carbocycles. The second kappa shape index (κ2) is 11.0. The second-order valence-corrected chi connectivity index (χ2v) is 11.9. The van der Waals surface area contributed by atoms with E-state index in [1.165, 1.54) is 0 Å². The maximum absolute atomic E-state index is 13.5. The fourth-order valence-electron chi connectivity index (χ4n) is 4.61. The van der Waals surface area contributed by atoms with Crippen molar-refractivity contribution >= 4 is 27.0 Å². The average Bonchev–Trinajstić information content (AvgIpc) is 3.21. The molecule has 2 aromatic carbocycles. The van der Waals surface area contributed by atoms with E-state index in [0.29, 0.717) is 36.4 Å². The highest BCUT2D eigenvalue weighted by atomic mass is 32.2. The Morgan fingerprint density at radius 1 is 1.06 bits per heavy atom. The molecule has 8 heteroatoms. The summed E-state index contributed by atoms with van der Waals surface area (Å²) in [6, 6.07) is 17.2. The summed E-state index contributed by atoms with van der Waals surface area (Å²) in [7, 11) is -1.85. The van der Waals surface area contributed by atoms with Gasteiger partial charge in [-0.2, -0.15) is 4.31 Å². The third-order valence-corrected chi connectivity index (χ3v) is 8.80. The lowest BCUT2D eigenvalue weighted by molar-refractivity contribution is 0.190. The van der Waals surface area contributed by atoms with Crippen molar-refractivity contribution in [2.75, 3.05) is 26.8 Å². The number of methoxy groups -OCH3 is 1. The lowest BCUT2D eigenvalue weighted by atomic mass is 9.94. The third kappa shape index (κ3) is 5.68. The van der Waals surface area contributed by atoms with E-state index in [1.807, 2.05) is 42.5 Å². The molecule has 0 unspecified atom stereocenters. The highest BCUT2D eigenvalue weighted by molar-refractivity contribution is 7.89. The summed E-state index contributed by atoms with van der Waals surface area (Å²) >= 11 is 1.56. The van der Waals surface area contributed by atoms with Crippen LogP contribution in [-0.4, -0.2) is 44.1 Å². The second-order valence-electron chi connectivity index (χ2n) is 9.14. The van der Waals surface area contributed by atoms with Crippen molar-refractivity contribution in [3.63, 3.8) is 0 Å². The van der Waals surface area contributed by atoms with Crippen molar-refractivity contribution < 1.29 is 13.2 Å². The lowest BCUT2D eigenvalue weighted by Gasteiger charge is -2.34. The Balaban J connectivity index is 1.72. The monoisotopic (exact) mass is 499 g/mol. The van der Waals surface area contributed by atoms with E-state index in [4.69, 9.17) is 9.73 Å². The number of ether oxygens (including phenoxy) is 1. The van der Waals surface area contributed by atoms with E-state index in [2.05, 4.69) is 23.8 Å². The largest absolute Gasteiger partial charge is 0.385 e. The van der Waals surface area contributed by atoms with Crippen LogP contribution in [0.2, 0.25) is 0 Å². The van der Waals surface area contributed by atoms with Gasteiger partial charge in [0, 0.05) is 44.3 Å². The minimum Gasteiger partial charge on any atom is -0.385 e. The zero-order chi connectivity index (χ0) is 24.1. The summed E-state index contributed by atoms with van der Waals surface area (Å²) < 4.78 is 36.1. The molecule has 6 nitrogen and oxygen atoms in total. The van der Waals surface area contributed by atoms with Crippen LogP contribution in [0.15, 0.2) is 69.9 Å². The number of piperidine rings is 1. The Kier molecular flexibility index (Phi) is 8.03. The Morgan fingerprint density at radius 2 is 1.79 bits per heavy atom. The SMILES string of the molecule is COCCCn1c(-c2cccc(S(=O)(=O)N3C[C@@H](C)C[C@H](C)C3)c2)csc1=Nc1ccccc1. The van der Waals surface area contributed by atoms with Crippen molar-refractivity contribution in [1.82, 2.24) is 8.87 Å². The van der Waals surface area contributed by atoms with Gasteiger partial charge in [0.2, 0.25) is 10.0 Å².